The van der Waals surface area contributed by atoms with Crippen molar-refractivity contribution in [3.63, 3.8) is 0 Å². The van der Waals surface area contributed by atoms with E-state index >= 15 is 0 Å². The summed E-state index contributed by atoms with van der Waals surface area (Å²) in [6.45, 7) is 5.77. The summed E-state index contributed by atoms with van der Waals surface area (Å²) in [4.78, 5) is 4.39. The van der Waals surface area contributed by atoms with Crippen LogP contribution in [0, 0.1) is 20.8 Å². The van der Waals surface area contributed by atoms with E-state index in [-0.39, 0.29) is 0 Å². The molecule has 3 aromatic heterocycles. The Kier molecular flexibility index (Phi) is 2.13. The number of aromatic nitrogens is 5. The van der Waals surface area contributed by atoms with Crippen LogP contribution in [0.2, 0.25) is 0 Å². The van der Waals surface area contributed by atoms with Crippen molar-refractivity contribution in [1.29, 1.82) is 0 Å². The summed E-state index contributed by atoms with van der Waals surface area (Å²) in [5, 5.41) is 8.79. The first-order valence-electron chi connectivity index (χ1n) is 5.71. The molecule has 92 valence electrons. The van der Waals surface area contributed by atoms with Crippen molar-refractivity contribution in [2.45, 2.75) is 20.8 Å². The first kappa shape index (κ1) is 10.8. The molecule has 0 unspecified atom stereocenters. The van der Waals surface area contributed by atoms with Gasteiger partial charge in [-0.25, -0.2) is 14.2 Å². The third kappa shape index (κ3) is 1.38. The molecule has 0 aromatic carbocycles. The molecule has 0 radical (unpaired) electrons. The van der Waals surface area contributed by atoms with Crippen LogP contribution in [0.5, 0.6) is 0 Å². The third-order valence-electron chi connectivity index (χ3n) is 3.04. The standard InChI is InChI=1S/C12H14N6/c1-7-6-10-12(14-4-5-17(10)15-7)18-9(3)11(13)8(2)16-18/h4-6H,13H2,1-3H3. The van der Waals surface area contributed by atoms with Crippen molar-refractivity contribution in [3.05, 3.63) is 35.5 Å². The monoisotopic (exact) mass is 242 g/mol. The molecule has 0 fully saturated rings. The van der Waals surface area contributed by atoms with Crippen LogP contribution in [0.15, 0.2) is 18.5 Å². The molecule has 0 amide bonds. The molecule has 0 saturated carbocycles. The minimum Gasteiger partial charge on any atom is -0.396 e. The Labute approximate surface area is 104 Å². The highest BCUT2D eigenvalue weighted by atomic mass is 15.3. The maximum absolute atomic E-state index is 5.96. The largest absolute Gasteiger partial charge is 0.396 e. The van der Waals surface area contributed by atoms with Crippen molar-refractivity contribution in [3.8, 4) is 5.82 Å². The van der Waals surface area contributed by atoms with Crippen molar-refractivity contribution in [2.24, 2.45) is 0 Å². The van der Waals surface area contributed by atoms with Crippen LogP contribution >= 0.6 is 0 Å². The predicted molar refractivity (Wildman–Crippen MR) is 68.7 cm³/mol. The Morgan fingerprint density at radius 2 is 1.94 bits per heavy atom. The fourth-order valence-corrected chi connectivity index (χ4v) is 2.05. The quantitative estimate of drug-likeness (QED) is 0.700. The van der Waals surface area contributed by atoms with E-state index < -0.39 is 0 Å². The number of anilines is 1. The molecule has 3 heterocycles. The topological polar surface area (TPSA) is 74.0 Å². The van der Waals surface area contributed by atoms with Gasteiger partial charge in [0.05, 0.1) is 22.8 Å². The number of nitrogens with zero attached hydrogens (tertiary/aromatic N) is 5. The maximum atomic E-state index is 5.96. The number of fused-ring (bicyclic) bond motifs is 1. The lowest BCUT2D eigenvalue weighted by Crippen LogP contribution is -2.05. The van der Waals surface area contributed by atoms with Crippen molar-refractivity contribution < 1.29 is 0 Å². The van der Waals surface area contributed by atoms with Crippen molar-refractivity contribution >= 4 is 11.2 Å². The summed E-state index contributed by atoms with van der Waals surface area (Å²) in [5.74, 6) is 0.746. The lowest BCUT2D eigenvalue weighted by molar-refractivity contribution is 0.797. The first-order chi connectivity index (χ1) is 8.58. The number of hydrogen-bond acceptors (Lipinski definition) is 4. The van der Waals surface area contributed by atoms with Crippen LogP contribution in [-0.4, -0.2) is 24.4 Å². The van der Waals surface area contributed by atoms with Crippen LogP contribution in [0.3, 0.4) is 0 Å². The van der Waals surface area contributed by atoms with E-state index in [1.807, 2.05) is 33.0 Å². The first-order valence-corrected chi connectivity index (χ1v) is 5.71. The van der Waals surface area contributed by atoms with Crippen LogP contribution in [0.25, 0.3) is 11.3 Å². The van der Waals surface area contributed by atoms with Crippen LogP contribution in [0.1, 0.15) is 17.1 Å². The normalized spacial score (nSPS) is 11.3. The zero-order chi connectivity index (χ0) is 12.9. The smallest absolute Gasteiger partial charge is 0.179 e. The zero-order valence-corrected chi connectivity index (χ0v) is 10.5. The lowest BCUT2D eigenvalue weighted by atomic mass is 10.3. The van der Waals surface area contributed by atoms with Gasteiger partial charge >= 0.3 is 0 Å². The molecule has 3 rings (SSSR count). The maximum Gasteiger partial charge on any atom is 0.179 e. The molecule has 6 heteroatoms. The van der Waals surface area contributed by atoms with Crippen LogP contribution in [-0.2, 0) is 0 Å². The van der Waals surface area contributed by atoms with E-state index in [2.05, 4.69) is 15.2 Å². The highest BCUT2D eigenvalue weighted by molar-refractivity contribution is 5.62. The average molecular weight is 242 g/mol. The molecule has 18 heavy (non-hydrogen) atoms. The van der Waals surface area contributed by atoms with E-state index in [9.17, 15) is 0 Å². The average Bonchev–Trinajstić information content (AvgIpc) is 2.83. The Morgan fingerprint density at radius 3 is 2.61 bits per heavy atom. The second kappa shape index (κ2) is 3.56. The number of nitrogens with two attached hydrogens (primary N) is 1. The Balaban J connectivity index is 2.34. The minimum absolute atomic E-state index is 0.704. The minimum atomic E-state index is 0.704. The Morgan fingerprint density at radius 1 is 1.17 bits per heavy atom. The van der Waals surface area contributed by atoms with Gasteiger partial charge in [0.25, 0.3) is 0 Å². The molecule has 0 aliphatic heterocycles. The van der Waals surface area contributed by atoms with Gasteiger partial charge in [0.15, 0.2) is 5.82 Å². The van der Waals surface area contributed by atoms with Crippen LogP contribution < -0.4 is 5.73 Å². The molecule has 2 N–H and O–H groups in total. The fourth-order valence-electron chi connectivity index (χ4n) is 2.05. The van der Waals surface area contributed by atoms with Crippen LogP contribution in [0.4, 0.5) is 5.69 Å². The number of rotatable bonds is 1. The van der Waals surface area contributed by atoms with E-state index in [0.29, 0.717) is 5.69 Å². The number of aryl methyl sites for hydroxylation is 2. The summed E-state index contributed by atoms with van der Waals surface area (Å²) in [5.41, 5.74) is 10.2. The van der Waals surface area contributed by atoms with Gasteiger partial charge in [0, 0.05) is 12.4 Å². The summed E-state index contributed by atoms with van der Waals surface area (Å²) in [7, 11) is 0. The van der Waals surface area contributed by atoms with Crippen molar-refractivity contribution in [1.82, 2.24) is 24.4 Å². The second-order valence-electron chi connectivity index (χ2n) is 4.36. The molecule has 3 aromatic rings. The molecule has 0 atom stereocenters. The van der Waals surface area contributed by atoms with Gasteiger partial charge in [-0.1, -0.05) is 0 Å². The van der Waals surface area contributed by atoms with Gasteiger partial charge in [-0.2, -0.15) is 10.2 Å². The summed E-state index contributed by atoms with van der Waals surface area (Å²) in [6.07, 6.45) is 3.53. The molecule has 0 spiro atoms. The van der Waals surface area contributed by atoms with E-state index in [1.165, 1.54) is 0 Å². The van der Waals surface area contributed by atoms with Gasteiger partial charge in [-0.3, -0.25) is 0 Å². The van der Waals surface area contributed by atoms with E-state index in [1.54, 1.807) is 15.4 Å². The van der Waals surface area contributed by atoms with Gasteiger partial charge in [-0.15, -0.1) is 0 Å². The van der Waals surface area contributed by atoms with Crippen molar-refractivity contribution in [2.75, 3.05) is 5.73 Å². The second-order valence-corrected chi connectivity index (χ2v) is 4.36. The molecule has 0 aliphatic rings. The molecular formula is C12H14N6. The highest BCUT2D eigenvalue weighted by Gasteiger charge is 2.14. The fraction of sp³-hybridized carbons (Fsp3) is 0.250. The van der Waals surface area contributed by atoms with E-state index in [4.69, 9.17) is 5.73 Å². The van der Waals surface area contributed by atoms with E-state index in [0.717, 1.165) is 28.4 Å². The summed E-state index contributed by atoms with van der Waals surface area (Å²) in [6, 6.07) is 1.98. The zero-order valence-electron chi connectivity index (χ0n) is 10.5. The lowest BCUT2D eigenvalue weighted by Gasteiger charge is -2.04. The number of nitrogen functional groups attached to an aromatic ring is 1. The van der Waals surface area contributed by atoms with Gasteiger partial charge < -0.3 is 5.73 Å². The molecular weight excluding hydrogens is 228 g/mol. The summed E-state index contributed by atoms with van der Waals surface area (Å²) >= 11 is 0. The molecule has 0 saturated heterocycles. The Bertz CT molecular complexity index is 736. The SMILES string of the molecule is Cc1cc2c(-n3nc(C)c(N)c3C)nccn2n1. The van der Waals surface area contributed by atoms with Gasteiger partial charge in [0.2, 0.25) is 0 Å². The highest BCUT2D eigenvalue weighted by Crippen LogP contribution is 2.21. The third-order valence-corrected chi connectivity index (χ3v) is 3.04. The Hall–Kier alpha value is -2.37. The number of hydrogen-bond donors (Lipinski definition) is 1. The molecule has 6 nitrogen and oxygen atoms in total. The molecule has 0 aliphatic carbocycles. The molecule has 0 bridgehead atoms. The van der Waals surface area contributed by atoms with Gasteiger partial charge in [-0.05, 0) is 26.8 Å². The predicted octanol–water partition coefficient (Wildman–Crippen LogP) is 1.42. The summed E-state index contributed by atoms with van der Waals surface area (Å²) < 4.78 is 3.56. The van der Waals surface area contributed by atoms with Gasteiger partial charge in [0.1, 0.15) is 5.52 Å².